The average Bonchev–Trinajstić information content (AvgIpc) is 2.79. The summed E-state index contributed by atoms with van der Waals surface area (Å²) in [6.45, 7) is 2.61. The van der Waals surface area contributed by atoms with Gasteiger partial charge in [-0.25, -0.2) is 4.79 Å². The summed E-state index contributed by atoms with van der Waals surface area (Å²) in [6, 6.07) is 12.9. The fraction of sp³-hybridized carbons (Fsp3) is 0.167. The number of ether oxygens (including phenoxy) is 2. The molecule has 2 aromatic rings. The third-order valence-electron chi connectivity index (χ3n) is 3.92. The van der Waals surface area contributed by atoms with Crippen LogP contribution in [0.1, 0.15) is 19.4 Å². The van der Waals surface area contributed by atoms with E-state index in [4.69, 9.17) is 14.6 Å². The van der Waals surface area contributed by atoms with Crippen molar-refractivity contribution in [2.24, 2.45) is 0 Å². The number of carbonyl (C=O) groups is 3. The van der Waals surface area contributed by atoms with Crippen molar-refractivity contribution in [3.63, 3.8) is 0 Å². The van der Waals surface area contributed by atoms with Crippen LogP contribution in [-0.2, 0) is 24.7 Å². The van der Waals surface area contributed by atoms with E-state index in [0.29, 0.717) is 5.56 Å². The second-order valence-electron chi connectivity index (χ2n) is 5.71. The molecular weight excluding hydrogens is 326 g/mol. The van der Waals surface area contributed by atoms with Gasteiger partial charge in [0.15, 0.2) is 5.60 Å². The number of amides is 1. The van der Waals surface area contributed by atoms with Crippen LogP contribution in [0.25, 0.3) is 10.8 Å². The number of hydrogen-bond donors (Lipinski definition) is 2. The van der Waals surface area contributed by atoms with Crippen molar-refractivity contribution in [2.45, 2.75) is 19.4 Å². The Bertz CT molecular complexity index is 932. The first-order valence-corrected chi connectivity index (χ1v) is 7.47. The van der Waals surface area contributed by atoms with E-state index >= 15 is 0 Å². The fourth-order valence-electron chi connectivity index (χ4n) is 2.71. The zero-order valence-electron chi connectivity index (χ0n) is 13.5. The highest BCUT2D eigenvalue weighted by molar-refractivity contribution is 6.05. The van der Waals surface area contributed by atoms with Gasteiger partial charge >= 0.3 is 12.1 Å². The van der Waals surface area contributed by atoms with Crippen molar-refractivity contribution in [3.05, 3.63) is 59.7 Å². The Labute approximate surface area is 142 Å². The quantitative estimate of drug-likeness (QED) is 0.832. The van der Waals surface area contributed by atoms with Gasteiger partial charge in [0.1, 0.15) is 0 Å². The number of carboxylic acid groups (broad SMARTS) is 1. The number of carbonyl (C=O) groups excluding carboxylic acids is 2. The minimum Gasteiger partial charge on any atom is -0.465 e. The molecule has 7 nitrogen and oxygen atoms in total. The zero-order chi connectivity index (χ0) is 18.2. The van der Waals surface area contributed by atoms with Gasteiger partial charge in [0.2, 0.25) is 11.6 Å². The van der Waals surface area contributed by atoms with Gasteiger partial charge in [0.05, 0.1) is 0 Å². The Morgan fingerprint density at radius 2 is 1.84 bits per heavy atom. The lowest BCUT2D eigenvalue weighted by Gasteiger charge is -2.23. The lowest BCUT2D eigenvalue weighted by molar-refractivity contribution is -0.142. The average molecular weight is 341 g/mol. The molecule has 0 spiro atoms. The monoisotopic (exact) mass is 341 g/mol. The van der Waals surface area contributed by atoms with E-state index in [1.165, 1.54) is 6.92 Å². The first-order valence-electron chi connectivity index (χ1n) is 7.47. The number of ketones is 1. The van der Waals surface area contributed by atoms with Gasteiger partial charge in [-0.2, -0.15) is 0 Å². The van der Waals surface area contributed by atoms with Crippen molar-refractivity contribution in [2.75, 3.05) is 0 Å². The summed E-state index contributed by atoms with van der Waals surface area (Å²) in [7, 11) is 0. The lowest BCUT2D eigenvalue weighted by atomic mass is 9.90. The molecule has 3 rings (SSSR count). The first-order chi connectivity index (χ1) is 11.8. The Hall–Kier alpha value is -3.35. The Balaban J connectivity index is 2.04. The summed E-state index contributed by atoms with van der Waals surface area (Å²) in [6.07, 6.45) is -1.43. The molecule has 1 unspecified atom stereocenters. The SMILES string of the molecule is CC(=O)OC1=C(NC(=O)O)OC(C)(c2ccc3ccccc3c2)C1=O. The van der Waals surface area contributed by atoms with Crippen LogP contribution in [0, 0.1) is 0 Å². The predicted octanol–water partition coefficient (Wildman–Crippen LogP) is 2.65. The highest BCUT2D eigenvalue weighted by Crippen LogP contribution is 2.39. The molecule has 128 valence electrons. The maximum absolute atomic E-state index is 12.8. The topological polar surface area (TPSA) is 102 Å². The number of esters is 1. The molecule has 0 saturated carbocycles. The van der Waals surface area contributed by atoms with Crippen LogP contribution >= 0.6 is 0 Å². The van der Waals surface area contributed by atoms with Crippen LogP contribution < -0.4 is 5.32 Å². The molecule has 1 atom stereocenters. The molecular formula is C18H15NO6. The molecule has 7 heteroatoms. The smallest absolute Gasteiger partial charge is 0.411 e. The fourth-order valence-corrected chi connectivity index (χ4v) is 2.71. The largest absolute Gasteiger partial charge is 0.465 e. The van der Waals surface area contributed by atoms with E-state index in [-0.39, 0.29) is 0 Å². The standard InChI is InChI=1S/C18H15NO6/c1-10(20)24-14-15(21)18(2,25-16(14)19-17(22)23)13-8-7-11-5-3-4-6-12(11)9-13/h3-9,19H,1-2H3,(H,22,23). The van der Waals surface area contributed by atoms with Gasteiger partial charge in [-0.1, -0.05) is 36.4 Å². The van der Waals surface area contributed by atoms with E-state index in [9.17, 15) is 14.4 Å². The maximum atomic E-state index is 12.8. The van der Waals surface area contributed by atoms with E-state index in [2.05, 4.69) is 0 Å². The summed E-state index contributed by atoms with van der Waals surface area (Å²) in [5.41, 5.74) is -0.991. The number of fused-ring (bicyclic) bond motifs is 1. The number of nitrogens with one attached hydrogen (secondary N) is 1. The molecule has 1 heterocycles. The molecule has 0 bridgehead atoms. The first kappa shape index (κ1) is 16.5. The number of Topliss-reactive ketones (excluding diaryl/α,β-unsaturated/α-hetero) is 1. The van der Waals surface area contributed by atoms with Gasteiger partial charge in [-0.15, -0.1) is 0 Å². The number of rotatable bonds is 3. The normalized spacial score (nSPS) is 19.7. The van der Waals surface area contributed by atoms with Gasteiger partial charge in [0, 0.05) is 12.5 Å². The van der Waals surface area contributed by atoms with Crippen molar-refractivity contribution in [3.8, 4) is 0 Å². The number of hydrogen-bond acceptors (Lipinski definition) is 5. The maximum Gasteiger partial charge on any atom is 0.411 e. The highest BCUT2D eigenvalue weighted by Gasteiger charge is 2.50. The summed E-state index contributed by atoms with van der Waals surface area (Å²) < 4.78 is 10.5. The third-order valence-corrected chi connectivity index (χ3v) is 3.92. The summed E-state index contributed by atoms with van der Waals surface area (Å²) in [4.78, 5) is 35.0. The van der Waals surface area contributed by atoms with Crippen molar-refractivity contribution < 1.29 is 29.0 Å². The molecule has 1 amide bonds. The molecule has 1 aliphatic rings. The minimum atomic E-state index is -1.51. The predicted molar refractivity (Wildman–Crippen MR) is 87.3 cm³/mol. The van der Waals surface area contributed by atoms with Gasteiger partial charge < -0.3 is 14.6 Å². The number of benzene rings is 2. The minimum absolute atomic E-state index is 0.400. The van der Waals surface area contributed by atoms with Crippen molar-refractivity contribution in [1.82, 2.24) is 5.32 Å². The molecule has 0 fully saturated rings. The van der Waals surface area contributed by atoms with E-state index < -0.39 is 35.1 Å². The van der Waals surface area contributed by atoms with Gasteiger partial charge in [-0.3, -0.25) is 14.9 Å². The van der Waals surface area contributed by atoms with Crippen LogP contribution in [0.5, 0.6) is 0 Å². The Morgan fingerprint density at radius 1 is 1.16 bits per heavy atom. The van der Waals surface area contributed by atoms with Crippen molar-refractivity contribution in [1.29, 1.82) is 0 Å². The lowest BCUT2D eigenvalue weighted by Crippen LogP contribution is -2.32. The van der Waals surface area contributed by atoms with E-state index in [1.807, 2.05) is 35.6 Å². The molecule has 0 saturated heterocycles. The molecule has 0 aromatic heterocycles. The summed E-state index contributed by atoms with van der Waals surface area (Å²) >= 11 is 0. The molecule has 0 radical (unpaired) electrons. The van der Waals surface area contributed by atoms with Crippen LogP contribution in [-0.4, -0.2) is 23.0 Å². The van der Waals surface area contributed by atoms with Crippen LogP contribution in [0.3, 0.4) is 0 Å². The second-order valence-corrected chi connectivity index (χ2v) is 5.71. The van der Waals surface area contributed by atoms with Crippen molar-refractivity contribution >= 4 is 28.6 Å². The highest BCUT2D eigenvalue weighted by atomic mass is 16.6. The Kier molecular flexibility index (Phi) is 3.92. The summed E-state index contributed by atoms with van der Waals surface area (Å²) in [5, 5.41) is 12.8. The second kappa shape index (κ2) is 5.94. The van der Waals surface area contributed by atoms with E-state index in [1.54, 1.807) is 12.1 Å². The molecule has 0 aliphatic carbocycles. The molecule has 25 heavy (non-hydrogen) atoms. The third kappa shape index (κ3) is 2.91. The molecule has 1 aliphatic heterocycles. The van der Waals surface area contributed by atoms with Gasteiger partial charge in [-0.05, 0) is 23.8 Å². The summed E-state index contributed by atoms with van der Waals surface area (Å²) in [5.74, 6) is -2.24. The zero-order valence-corrected chi connectivity index (χ0v) is 13.5. The van der Waals surface area contributed by atoms with Crippen LogP contribution in [0.15, 0.2) is 54.1 Å². The van der Waals surface area contributed by atoms with Crippen LogP contribution in [0.2, 0.25) is 0 Å². The Morgan fingerprint density at radius 3 is 2.48 bits per heavy atom. The molecule has 2 N–H and O–H groups in total. The van der Waals surface area contributed by atoms with Gasteiger partial charge in [0.25, 0.3) is 5.78 Å². The van der Waals surface area contributed by atoms with Crippen LogP contribution in [0.4, 0.5) is 4.79 Å². The van der Waals surface area contributed by atoms with E-state index in [0.717, 1.165) is 17.7 Å². The molecule has 2 aromatic carbocycles.